The number of hydrogen-bond acceptors (Lipinski definition) is 3. The van der Waals surface area contributed by atoms with Gasteiger partial charge in [0, 0.05) is 29.7 Å². The molecular weight excluding hydrogens is 294 g/mol. The first-order valence-corrected chi connectivity index (χ1v) is 7.71. The lowest BCUT2D eigenvalue weighted by Gasteiger charge is -2.11. The van der Waals surface area contributed by atoms with Gasteiger partial charge < -0.3 is 14.4 Å². The van der Waals surface area contributed by atoms with E-state index >= 15 is 0 Å². The van der Waals surface area contributed by atoms with E-state index in [1.165, 1.54) is 0 Å². The van der Waals surface area contributed by atoms with Gasteiger partial charge in [0.2, 0.25) is 0 Å². The molecular formula is C17H17N3O3. The van der Waals surface area contributed by atoms with E-state index in [0.29, 0.717) is 25.5 Å². The fourth-order valence-corrected chi connectivity index (χ4v) is 3.25. The van der Waals surface area contributed by atoms with Gasteiger partial charge >= 0.3 is 5.97 Å². The Morgan fingerprint density at radius 3 is 3.09 bits per heavy atom. The van der Waals surface area contributed by atoms with Crippen molar-refractivity contribution in [1.82, 2.24) is 14.8 Å². The first kappa shape index (κ1) is 14.0. The van der Waals surface area contributed by atoms with Gasteiger partial charge in [-0.05, 0) is 18.9 Å². The van der Waals surface area contributed by atoms with E-state index in [9.17, 15) is 9.90 Å². The molecule has 1 aliphatic heterocycles. The summed E-state index contributed by atoms with van der Waals surface area (Å²) in [5.41, 5.74) is 4.16. The van der Waals surface area contributed by atoms with Crippen molar-refractivity contribution < 1.29 is 14.6 Å². The molecule has 0 spiro atoms. The number of hydrogen-bond donors (Lipinski definition) is 2. The van der Waals surface area contributed by atoms with Crippen LogP contribution in [0.3, 0.4) is 0 Å². The third kappa shape index (κ3) is 2.31. The number of benzene rings is 1. The Labute approximate surface area is 132 Å². The van der Waals surface area contributed by atoms with Crippen molar-refractivity contribution in [3.05, 3.63) is 41.9 Å². The van der Waals surface area contributed by atoms with Crippen molar-refractivity contribution in [3.63, 3.8) is 0 Å². The maximum atomic E-state index is 11.6. The van der Waals surface area contributed by atoms with Crippen molar-refractivity contribution in [2.45, 2.75) is 26.0 Å². The Kier molecular flexibility index (Phi) is 3.38. The smallest absolute Gasteiger partial charge is 0.352 e. The van der Waals surface area contributed by atoms with Crippen LogP contribution in [0, 0.1) is 0 Å². The summed E-state index contributed by atoms with van der Waals surface area (Å²) in [7, 11) is 0. The van der Waals surface area contributed by atoms with E-state index < -0.39 is 5.97 Å². The molecule has 0 amide bonds. The van der Waals surface area contributed by atoms with Crippen LogP contribution in [0.4, 0.5) is 0 Å². The zero-order chi connectivity index (χ0) is 15.8. The highest BCUT2D eigenvalue weighted by molar-refractivity contribution is 6.01. The molecule has 3 heterocycles. The monoisotopic (exact) mass is 311 g/mol. The average Bonchev–Trinajstić information content (AvgIpc) is 3.14. The van der Waals surface area contributed by atoms with E-state index in [4.69, 9.17) is 4.74 Å². The zero-order valence-electron chi connectivity index (χ0n) is 12.6. The van der Waals surface area contributed by atoms with Gasteiger partial charge in [0.25, 0.3) is 0 Å². The number of ether oxygens (including phenoxy) is 1. The second-order valence-electron chi connectivity index (χ2n) is 5.75. The number of para-hydroxylation sites is 1. The van der Waals surface area contributed by atoms with Crippen molar-refractivity contribution in [3.8, 4) is 11.1 Å². The third-order valence-corrected chi connectivity index (χ3v) is 4.31. The fraction of sp³-hybridized carbons (Fsp3) is 0.294. The fourth-order valence-electron chi connectivity index (χ4n) is 3.25. The van der Waals surface area contributed by atoms with Crippen LogP contribution in [0.15, 0.2) is 30.5 Å². The highest BCUT2D eigenvalue weighted by Gasteiger charge is 2.20. The molecule has 0 saturated heterocycles. The molecule has 0 aliphatic carbocycles. The molecule has 118 valence electrons. The van der Waals surface area contributed by atoms with E-state index in [0.717, 1.165) is 40.6 Å². The summed E-state index contributed by atoms with van der Waals surface area (Å²) < 4.78 is 7.61. The molecule has 2 N–H and O–H groups in total. The summed E-state index contributed by atoms with van der Waals surface area (Å²) in [5, 5.41) is 17.6. The van der Waals surface area contributed by atoms with Gasteiger partial charge in [-0.2, -0.15) is 5.10 Å². The van der Waals surface area contributed by atoms with Gasteiger partial charge in [-0.1, -0.05) is 18.2 Å². The lowest BCUT2D eigenvalue weighted by molar-refractivity contribution is 0.0685. The van der Waals surface area contributed by atoms with Crippen LogP contribution >= 0.6 is 0 Å². The van der Waals surface area contributed by atoms with Crippen molar-refractivity contribution in [1.29, 1.82) is 0 Å². The average molecular weight is 311 g/mol. The second-order valence-corrected chi connectivity index (χ2v) is 5.75. The number of aromatic amines is 1. The summed E-state index contributed by atoms with van der Waals surface area (Å²) in [6, 6.07) is 7.67. The SMILES string of the molecule is O=C(O)c1cc2cccc3c2n1CCCCOCc1[nH]ncc1-3. The number of carboxylic acids is 1. The van der Waals surface area contributed by atoms with Gasteiger partial charge in [-0.15, -0.1) is 0 Å². The number of nitrogens with zero attached hydrogens (tertiary/aromatic N) is 2. The summed E-state index contributed by atoms with van der Waals surface area (Å²) in [6.07, 6.45) is 3.55. The molecule has 1 aromatic carbocycles. The lowest BCUT2D eigenvalue weighted by atomic mass is 10.0. The highest BCUT2D eigenvalue weighted by atomic mass is 16.5. The number of H-pyrrole nitrogens is 1. The van der Waals surface area contributed by atoms with E-state index in [1.807, 2.05) is 22.8 Å². The number of aryl methyl sites for hydroxylation is 1. The molecule has 1 aliphatic rings. The maximum Gasteiger partial charge on any atom is 0.352 e. The standard InChI is InChI=1S/C17H17N3O3/c21-17(22)15-8-11-4-3-5-12-13-9-18-19-14(13)10-23-7-2-1-6-20(15)16(11)12/h3-5,8-9H,1-2,6-7,10H2,(H,18,19)(H,21,22). The maximum absolute atomic E-state index is 11.6. The van der Waals surface area contributed by atoms with Gasteiger partial charge in [-0.3, -0.25) is 5.10 Å². The van der Waals surface area contributed by atoms with Crippen LogP contribution in [0.25, 0.3) is 22.0 Å². The van der Waals surface area contributed by atoms with Gasteiger partial charge in [0.1, 0.15) is 5.69 Å². The summed E-state index contributed by atoms with van der Waals surface area (Å²) in [6.45, 7) is 1.80. The predicted molar refractivity (Wildman–Crippen MR) is 85.4 cm³/mol. The number of rotatable bonds is 1. The van der Waals surface area contributed by atoms with Crippen LogP contribution in [-0.4, -0.2) is 32.4 Å². The van der Waals surface area contributed by atoms with Crippen LogP contribution in [0.1, 0.15) is 29.0 Å². The molecule has 0 unspecified atom stereocenters. The minimum Gasteiger partial charge on any atom is -0.477 e. The van der Waals surface area contributed by atoms with Crippen molar-refractivity contribution >= 4 is 16.9 Å². The lowest BCUT2D eigenvalue weighted by Crippen LogP contribution is -2.09. The summed E-state index contributed by atoms with van der Waals surface area (Å²) in [5.74, 6) is -0.898. The second kappa shape index (κ2) is 5.55. The first-order chi connectivity index (χ1) is 11.3. The molecule has 2 aromatic heterocycles. The van der Waals surface area contributed by atoms with E-state index in [1.54, 1.807) is 12.3 Å². The molecule has 3 aromatic rings. The van der Waals surface area contributed by atoms with Crippen LogP contribution in [0.5, 0.6) is 0 Å². The van der Waals surface area contributed by atoms with Crippen molar-refractivity contribution in [2.75, 3.05) is 6.61 Å². The third-order valence-electron chi connectivity index (χ3n) is 4.31. The van der Waals surface area contributed by atoms with Crippen LogP contribution in [-0.2, 0) is 17.9 Å². The highest BCUT2D eigenvalue weighted by Crippen LogP contribution is 2.33. The molecule has 0 fully saturated rings. The molecule has 0 atom stereocenters. The Hall–Kier alpha value is -2.60. The largest absolute Gasteiger partial charge is 0.477 e. The molecule has 0 bridgehead atoms. The van der Waals surface area contributed by atoms with Gasteiger partial charge in [0.05, 0.1) is 24.0 Å². The molecule has 23 heavy (non-hydrogen) atoms. The van der Waals surface area contributed by atoms with Gasteiger partial charge in [0.15, 0.2) is 0 Å². The van der Waals surface area contributed by atoms with Crippen LogP contribution in [0.2, 0.25) is 0 Å². The number of aromatic carboxylic acids is 1. The predicted octanol–water partition coefficient (Wildman–Crippen LogP) is 3.04. The number of carbonyl (C=O) groups is 1. The molecule has 6 nitrogen and oxygen atoms in total. The number of aromatic nitrogens is 3. The summed E-state index contributed by atoms with van der Waals surface area (Å²) in [4.78, 5) is 11.6. The Morgan fingerprint density at radius 2 is 2.22 bits per heavy atom. The Bertz CT molecular complexity index is 878. The number of carboxylic acid groups (broad SMARTS) is 1. The van der Waals surface area contributed by atoms with E-state index in [2.05, 4.69) is 10.2 Å². The Morgan fingerprint density at radius 1 is 1.30 bits per heavy atom. The molecule has 4 rings (SSSR count). The number of fused-ring (bicyclic) bond motifs is 2. The zero-order valence-corrected chi connectivity index (χ0v) is 12.6. The summed E-state index contributed by atoms with van der Waals surface area (Å²) >= 11 is 0. The topological polar surface area (TPSA) is 80.1 Å². The molecule has 0 radical (unpaired) electrons. The van der Waals surface area contributed by atoms with E-state index in [-0.39, 0.29) is 0 Å². The Balaban J connectivity index is 2.03. The first-order valence-electron chi connectivity index (χ1n) is 7.71. The minimum atomic E-state index is -0.898. The quantitative estimate of drug-likeness (QED) is 0.724. The van der Waals surface area contributed by atoms with Crippen LogP contribution < -0.4 is 0 Å². The number of nitrogens with one attached hydrogen (secondary N) is 1. The molecule has 6 heteroatoms. The minimum absolute atomic E-state index is 0.331. The van der Waals surface area contributed by atoms with Gasteiger partial charge in [-0.25, -0.2) is 4.79 Å². The normalized spacial score (nSPS) is 15.1. The van der Waals surface area contributed by atoms with Crippen molar-refractivity contribution in [2.24, 2.45) is 0 Å². The molecule has 0 saturated carbocycles.